The van der Waals surface area contributed by atoms with Crippen LogP contribution in [0.2, 0.25) is 0 Å². The third-order valence-electron chi connectivity index (χ3n) is 5.93. The van der Waals surface area contributed by atoms with Gasteiger partial charge in [0.25, 0.3) is 0 Å². The number of aliphatic hydroxyl groups excluding tert-OH is 1. The van der Waals surface area contributed by atoms with Crippen molar-refractivity contribution in [2.45, 2.75) is 115 Å². The van der Waals surface area contributed by atoms with Crippen LogP contribution < -0.4 is 0 Å². The monoisotopic (exact) mass is 415 g/mol. The molecule has 5 atom stereocenters. The van der Waals surface area contributed by atoms with Crippen LogP contribution in [0.5, 0.6) is 0 Å². The second kappa shape index (κ2) is 9.90. The van der Waals surface area contributed by atoms with Gasteiger partial charge in [0.1, 0.15) is 24.4 Å². The fourth-order valence-corrected chi connectivity index (χ4v) is 4.65. The molecule has 7 heteroatoms. The lowest BCUT2D eigenvalue weighted by molar-refractivity contribution is -0.236. The maximum atomic E-state index is 9.55. The van der Waals surface area contributed by atoms with Crippen LogP contribution in [0.25, 0.3) is 0 Å². The number of fused-ring (bicyclic) bond motifs is 3. The molecular weight excluding hydrogens is 374 g/mol. The van der Waals surface area contributed by atoms with E-state index in [2.05, 4.69) is 11.8 Å². The summed E-state index contributed by atoms with van der Waals surface area (Å²) in [6.07, 6.45) is 6.14. The summed E-state index contributed by atoms with van der Waals surface area (Å²) in [6, 6.07) is 0. The smallest absolute Gasteiger partial charge is 0.190 e. The van der Waals surface area contributed by atoms with E-state index in [1.807, 2.05) is 27.7 Å². The minimum Gasteiger partial charge on any atom is -0.395 e. The molecule has 0 aromatic carbocycles. The summed E-state index contributed by atoms with van der Waals surface area (Å²) >= 11 is 0. The first-order valence-corrected chi connectivity index (χ1v) is 11.4. The molecule has 3 rings (SSSR count). The number of nitrogens with zero attached hydrogens (tertiary/aromatic N) is 1. The normalized spacial score (nSPS) is 35.1. The Morgan fingerprint density at radius 3 is 2.10 bits per heavy atom. The quantitative estimate of drug-likeness (QED) is 0.520. The van der Waals surface area contributed by atoms with Gasteiger partial charge in [-0.3, -0.25) is 4.90 Å². The number of hydrogen-bond donors (Lipinski definition) is 1. The van der Waals surface area contributed by atoms with E-state index in [1.165, 1.54) is 32.1 Å². The molecule has 0 aromatic rings. The Balaban J connectivity index is 1.59. The Morgan fingerprint density at radius 1 is 0.759 bits per heavy atom. The Morgan fingerprint density at radius 2 is 1.38 bits per heavy atom. The zero-order valence-electron chi connectivity index (χ0n) is 18.9. The molecule has 1 N–H and O–H groups in total. The van der Waals surface area contributed by atoms with Gasteiger partial charge in [-0.1, -0.05) is 39.0 Å². The zero-order valence-corrected chi connectivity index (χ0v) is 18.9. The second-order valence-corrected chi connectivity index (χ2v) is 9.50. The molecule has 0 saturated carbocycles. The van der Waals surface area contributed by atoms with Gasteiger partial charge in [-0.25, -0.2) is 0 Å². The molecule has 7 nitrogen and oxygen atoms in total. The highest BCUT2D eigenvalue weighted by Crippen LogP contribution is 2.44. The second-order valence-electron chi connectivity index (χ2n) is 9.50. The van der Waals surface area contributed by atoms with Crippen molar-refractivity contribution in [2.75, 3.05) is 26.2 Å². The van der Waals surface area contributed by atoms with Crippen LogP contribution in [0.3, 0.4) is 0 Å². The number of rotatable bonds is 11. The van der Waals surface area contributed by atoms with E-state index in [4.69, 9.17) is 23.7 Å². The van der Waals surface area contributed by atoms with E-state index >= 15 is 0 Å². The Hall–Kier alpha value is -0.280. The van der Waals surface area contributed by atoms with Gasteiger partial charge in [0.15, 0.2) is 17.9 Å². The van der Waals surface area contributed by atoms with E-state index in [0.717, 1.165) is 13.0 Å². The Labute approximate surface area is 176 Å². The summed E-state index contributed by atoms with van der Waals surface area (Å²) in [6.45, 7) is 12.3. The average molecular weight is 416 g/mol. The molecule has 3 aliphatic rings. The first-order chi connectivity index (χ1) is 13.7. The molecule has 3 saturated heterocycles. The summed E-state index contributed by atoms with van der Waals surface area (Å²) in [7, 11) is 0. The Kier molecular flexibility index (Phi) is 7.98. The molecule has 0 aliphatic carbocycles. The molecule has 0 aromatic heterocycles. The number of unbranched alkanes of at least 4 members (excludes halogenated alkanes) is 5. The standard InChI is InChI=1S/C22H41NO6/c1-6-7-8-9-10-11-12-23(13-14-24)15-16-17-18(27-21(2,3)26-17)19-20(25-16)29-22(4,5)28-19/h16-20,24H,6-15H2,1-5H3/t16-,17+,18+,19-,20-/m1/s1. The molecule has 0 amide bonds. The topological polar surface area (TPSA) is 69.6 Å². The average Bonchev–Trinajstić information content (AvgIpc) is 3.12. The molecule has 170 valence electrons. The van der Waals surface area contributed by atoms with Gasteiger partial charge >= 0.3 is 0 Å². The van der Waals surface area contributed by atoms with E-state index in [1.54, 1.807) is 0 Å². The zero-order chi connectivity index (χ0) is 21.1. The molecule has 0 unspecified atom stereocenters. The number of ether oxygens (including phenoxy) is 5. The number of hydrogen-bond acceptors (Lipinski definition) is 7. The molecule has 3 fully saturated rings. The third-order valence-corrected chi connectivity index (χ3v) is 5.93. The van der Waals surface area contributed by atoms with Gasteiger partial charge in [-0.15, -0.1) is 0 Å². The summed E-state index contributed by atoms with van der Waals surface area (Å²) in [5.41, 5.74) is 0. The lowest BCUT2D eigenvalue weighted by Crippen LogP contribution is -2.58. The van der Waals surface area contributed by atoms with Gasteiger partial charge in [0, 0.05) is 13.1 Å². The van der Waals surface area contributed by atoms with Crippen LogP contribution in [-0.2, 0) is 23.7 Å². The molecule has 29 heavy (non-hydrogen) atoms. The largest absolute Gasteiger partial charge is 0.395 e. The lowest BCUT2D eigenvalue weighted by Gasteiger charge is -2.39. The predicted octanol–water partition coefficient (Wildman–Crippen LogP) is 3.04. The summed E-state index contributed by atoms with van der Waals surface area (Å²) in [5.74, 6) is -1.38. The highest BCUT2D eigenvalue weighted by Gasteiger charge is 2.60. The van der Waals surface area contributed by atoms with Crippen molar-refractivity contribution in [2.24, 2.45) is 0 Å². The maximum Gasteiger partial charge on any atom is 0.190 e. The summed E-state index contributed by atoms with van der Waals surface area (Å²) < 4.78 is 30.8. The highest BCUT2D eigenvalue weighted by atomic mass is 16.9. The van der Waals surface area contributed by atoms with Crippen LogP contribution in [0.4, 0.5) is 0 Å². The number of aliphatic hydroxyl groups is 1. The Bertz CT molecular complexity index is 514. The van der Waals surface area contributed by atoms with Crippen molar-refractivity contribution in [1.29, 1.82) is 0 Å². The third kappa shape index (κ3) is 6.12. The SMILES string of the molecule is CCCCCCCCN(CCO)C[C@H]1O[C@@H]2OC(C)(C)O[C@@H]2[C@H]2OC(C)(C)O[C@H]21. The fourth-order valence-electron chi connectivity index (χ4n) is 4.65. The van der Waals surface area contributed by atoms with Crippen molar-refractivity contribution in [3.63, 3.8) is 0 Å². The molecule has 0 spiro atoms. The van der Waals surface area contributed by atoms with Crippen LogP contribution in [-0.4, -0.2) is 78.5 Å². The molecule has 0 radical (unpaired) electrons. The van der Waals surface area contributed by atoms with Gasteiger partial charge in [0.2, 0.25) is 0 Å². The van der Waals surface area contributed by atoms with Crippen LogP contribution in [0.15, 0.2) is 0 Å². The molecule has 0 bridgehead atoms. The van der Waals surface area contributed by atoms with Gasteiger partial charge in [-0.05, 0) is 40.7 Å². The molecule has 3 heterocycles. The van der Waals surface area contributed by atoms with Gasteiger partial charge in [-0.2, -0.15) is 0 Å². The maximum absolute atomic E-state index is 9.55. The minimum atomic E-state index is -0.700. The first kappa shape index (κ1) is 23.4. The van der Waals surface area contributed by atoms with E-state index in [-0.39, 0.29) is 31.0 Å². The predicted molar refractivity (Wildman–Crippen MR) is 109 cm³/mol. The van der Waals surface area contributed by atoms with Crippen molar-refractivity contribution in [3.05, 3.63) is 0 Å². The van der Waals surface area contributed by atoms with Crippen molar-refractivity contribution in [1.82, 2.24) is 4.90 Å². The van der Waals surface area contributed by atoms with Crippen LogP contribution in [0.1, 0.15) is 73.1 Å². The lowest BCUT2D eigenvalue weighted by atomic mass is 9.98. The van der Waals surface area contributed by atoms with E-state index < -0.39 is 17.9 Å². The fraction of sp³-hybridized carbons (Fsp3) is 1.00. The van der Waals surface area contributed by atoms with Gasteiger partial charge in [0.05, 0.1) is 6.61 Å². The van der Waals surface area contributed by atoms with Gasteiger partial charge < -0.3 is 28.8 Å². The molecule has 3 aliphatic heterocycles. The van der Waals surface area contributed by atoms with Crippen LogP contribution in [0, 0.1) is 0 Å². The summed E-state index contributed by atoms with van der Waals surface area (Å²) in [5, 5.41) is 9.55. The van der Waals surface area contributed by atoms with Crippen LogP contribution >= 0.6 is 0 Å². The van der Waals surface area contributed by atoms with E-state index in [0.29, 0.717) is 13.1 Å². The minimum absolute atomic E-state index is 0.137. The van der Waals surface area contributed by atoms with Crippen molar-refractivity contribution < 1.29 is 28.8 Å². The van der Waals surface area contributed by atoms with E-state index in [9.17, 15) is 5.11 Å². The highest BCUT2D eigenvalue weighted by molar-refractivity contribution is 5.00. The summed E-state index contributed by atoms with van der Waals surface area (Å²) in [4.78, 5) is 2.28. The first-order valence-electron chi connectivity index (χ1n) is 11.4. The van der Waals surface area contributed by atoms with Crippen molar-refractivity contribution in [3.8, 4) is 0 Å². The van der Waals surface area contributed by atoms with Crippen molar-refractivity contribution >= 4 is 0 Å². The molecular formula is C22H41NO6.